The summed E-state index contributed by atoms with van der Waals surface area (Å²) < 4.78 is 5.63. The number of nitrogens with two attached hydrogens (primary N) is 1. The molecule has 1 aromatic carbocycles. The van der Waals surface area contributed by atoms with Crippen LogP contribution in [-0.2, 0) is 4.74 Å². The van der Waals surface area contributed by atoms with E-state index in [0.717, 1.165) is 12.8 Å². The summed E-state index contributed by atoms with van der Waals surface area (Å²) in [5, 5.41) is 19.1. The molecule has 1 atom stereocenters. The van der Waals surface area contributed by atoms with Crippen LogP contribution >= 0.6 is 15.9 Å². The van der Waals surface area contributed by atoms with Gasteiger partial charge in [0, 0.05) is 24.8 Å². The van der Waals surface area contributed by atoms with E-state index in [-0.39, 0.29) is 23.3 Å². The fourth-order valence-corrected chi connectivity index (χ4v) is 2.80. The highest BCUT2D eigenvalue weighted by atomic mass is 79.9. The van der Waals surface area contributed by atoms with E-state index in [2.05, 4.69) is 15.9 Å². The molecule has 6 heteroatoms. The van der Waals surface area contributed by atoms with E-state index in [0.29, 0.717) is 23.2 Å². The van der Waals surface area contributed by atoms with Crippen LogP contribution in [0.25, 0.3) is 0 Å². The van der Waals surface area contributed by atoms with Crippen LogP contribution in [0.4, 0.5) is 0 Å². The van der Waals surface area contributed by atoms with Crippen molar-refractivity contribution in [3.63, 3.8) is 0 Å². The number of phenols is 1. The summed E-state index contributed by atoms with van der Waals surface area (Å²) in [6.45, 7) is 1.30. The van der Waals surface area contributed by atoms with Crippen LogP contribution in [-0.4, -0.2) is 29.4 Å². The zero-order valence-corrected chi connectivity index (χ0v) is 11.9. The van der Waals surface area contributed by atoms with Crippen LogP contribution in [0.15, 0.2) is 16.6 Å². The quantitative estimate of drug-likeness (QED) is 0.791. The van der Waals surface area contributed by atoms with E-state index in [1.807, 2.05) is 0 Å². The summed E-state index contributed by atoms with van der Waals surface area (Å²) in [4.78, 5) is 11.1. The Morgan fingerprint density at radius 3 is 2.63 bits per heavy atom. The molecule has 1 heterocycles. The van der Waals surface area contributed by atoms with Gasteiger partial charge in [0.05, 0.1) is 10.0 Å². The van der Waals surface area contributed by atoms with Crippen molar-refractivity contribution >= 4 is 21.9 Å². The molecule has 4 N–H and O–H groups in total. The number of phenolic OH excluding ortho intramolecular Hbond substituents is 1. The fraction of sp³-hybridized carbons (Fsp3) is 0.462. The topological polar surface area (TPSA) is 92.8 Å². The molecule has 0 saturated carbocycles. The molecular weight excluding hydrogens is 314 g/mol. The van der Waals surface area contributed by atoms with E-state index in [1.54, 1.807) is 0 Å². The second kappa shape index (κ2) is 5.90. The molecule has 104 valence electrons. The Balaban J connectivity index is 2.34. The van der Waals surface area contributed by atoms with Crippen LogP contribution in [0.5, 0.6) is 5.75 Å². The number of aromatic carboxylic acids is 1. The van der Waals surface area contributed by atoms with E-state index < -0.39 is 5.97 Å². The Morgan fingerprint density at radius 1 is 1.42 bits per heavy atom. The highest BCUT2D eigenvalue weighted by Gasteiger charge is 2.26. The number of carboxylic acid groups (broad SMARTS) is 1. The normalized spacial score (nSPS) is 18.2. The number of carboxylic acids is 1. The standard InChI is InChI=1S/C13H16BrNO4/c14-10-6-8(13(17)18)5-9(12(10)16)11(15)7-1-3-19-4-2-7/h5-7,11,16H,1-4,15H2,(H,17,18)/t11-/m0/s1. The summed E-state index contributed by atoms with van der Waals surface area (Å²) in [6, 6.07) is 2.43. The summed E-state index contributed by atoms with van der Waals surface area (Å²) in [6.07, 6.45) is 1.63. The van der Waals surface area contributed by atoms with Crippen molar-refractivity contribution in [1.29, 1.82) is 0 Å². The lowest BCUT2D eigenvalue weighted by atomic mass is 9.87. The second-order valence-corrected chi connectivity index (χ2v) is 5.53. The molecule has 1 fully saturated rings. The summed E-state index contributed by atoms with van der Waals surface area (Å²) in [5.74, 6) is -0.833. The number of hydrogen-bond acceptors (Lipinski definition) is 4. The zero-order valence-electron chi connectivity index (χ0n) is 10.3. The van der Waals surface area contributed by atoms with Gasteiger partial charge in [-0.1, -0.05) is 0 Å². The molecule has 5 nitrogen and oxygen atoms in total. The summed E-state index contributed by atoms with van der Waals surface area (Å²) in [5.41, 5.74) is 6.76. The van der Waals surface area contributed by atoms with Gasteiger partial charge in [-0.05, 0) is 46.8 Å². The van der Waals surface area contributed by atoms with E-state index in [9.17, 15) is 9.90 Å². The maximum atomic E-state index is 11.1. The molecule has 0 amide bonds. The third kappa shape index (κ3) is 3.08. The minimum Gasteiger partial charge on any atom is -0.506 e. The van der Waals surface area contributed by atoms with E-state index >= 15 is 0 Å². The van der Waals surface area contributed by atoms with Crippen LogP contribution in [0, 0.1) is 5.92 Å². The Kier molecular flexibility index (Phi) is 4.44. The highest BCUT2D eigenvalue weighted by Crippen LogP contribution is 2.37. The molecule has 1 saturated heterocycles. The third-order valence-electron chi connectivity index (χ3n) is 3.47. The van der Waals surface area contributed by atoms with Gasteiger partial charge in [-0.3, -0.25) is 0 Å². The van der Waals surface area contributed by atoms with Gasteiger partial charge in [0.2, 0.25) is 0 Å². The molecule has 2 rings (SSSR count). The van der Waals surface area contributed by atoms with E-state index in [4.69, 9.17) is 15.6 Å². The monoisotopic (exact) mass is 329 g/mol. The average molecular weight is 330 g/mol. The first-order valence-electron chi connectivity index (χ1n) is 6.09. The average Bonchev–Trinajstić information content (AvgIpc) is 2.41. The Labute approximate surface area is 119 Å². The zero-order chi connectivity index (χ0) is 14.0. The first-order valence-corrected chi connectivity index (χ1v) is 6.89. The predicted octanol–water partition coefficient (Wildman–Crippen LogP) is 2.28. The van der Waals surface area contributed by atoms with E-state index in [1.165, 1.54) is 12.1 Å². The molecule has 0 aromatic heterocycles. The fourth-order valence-electron chi connectivity index (χ4n) is 2.33. The summed E-state index contributed by atoms with van der Waals surface area (Å²) >= 11 is 3.16. The maximum absolute atomic E-state index is 11.1. The maximum Gasteiger partial charge on any atom is 0.335 e. The lowest BCUT2D eigenvalue weighted by molar-refractivity contribution is 0.0580. The molecule has 0 spiro atoms. The van der Waals surface area contributed by atoms with Gasteiger partial charge in [0.1, 0.15) is 5.75 Å². The molecule has 0 radical (unpaired) electrons. The predicted molar refractivity (Wildman–Crippen MR) is 73.2 cm³/mol. The number of ether oxygens (including phenoxy) is 1. The number of rotatable bonds is 3. The van der Waals surface area contributed by atoms with Gasteiger partial charge in [-0.2, -0.15) is 0 Å². The van der Waals surface area contributed by atoms with Gasteiger partial charge < -0.3 is 20.7 Å². The SMILES string of the molecule is N[C@H](c1cc(C(=O)O)cc(Br)c1O)C1CCOCC1. The minimum absolute atomic E-state index is 0.0176. The van der Waals surface area contributed by atoms with Gasteiger partial charge in [0.25, 0.3) is 0 Å². The number of halogens is 1. The van der Waals surface area contributed by atoms with Crippen molar-refractivity contribution in [2.45, 2.75) is 18.9 Å². The molecule has 0 unspecified atom stereocenters. The number of hydrogen-bond donors (Lipinski definition) is 3. The number of benzene rings is 1. The summed E-state index contributed by atoms with van der Waals surface area (Å²) in [7, 11) is 0. The Morgan fingerprint density at radius 2 is 2.05 bits per heavy atom. The van der Waals surface area contributed by atoms with Crippen molar-refractivity contribution in [3.05, 3.63) is 27.7 Å². The molecule has 1 aliphatic heterocycles. The van der Waals surface area contributed by atoms with Gasteiger partial charge >= 0.3 is 5.97 Å². The lowest BCUT2D eigenvalue weighted by Crippen LogP contribution is -2.27. The molecule has 19 heavy (non-hydrogen) atoms. The minimum atomic E-state index is -1.04. The largest absolute Gasteiger partial charge is 0.506 e. The van der Waals surface area contributed by atoms with Crippen LogP contribution < -0.4 is 5.73 Å². The molecule has 0 aliphatic carbocycles. The molecular formula is C13H16BrNO4. The first kappa shape index (κ1) is 14.3. The molecule has 1 aromatic rings. The van der Waals surface area contributed by atoms with Crippen molar-refractivity contribution in [2.75, 3.05) is 13.2 Å². The highest BCUT2D eigenvalue weighted by molar-refractivity contribution is 9.10. The molecule has 1 aliphatic rings. The van der Waals surface area contributed by atoms with Gasteiger partial charge in [-0.25, -0.2) is 4.79 Å². The Hall–Kier alpha value is -1.11. The Bertz CT molecular complexity index is 486. The second-order valence-electron chi connectivity index (χ2n) is 4.68. The van der Waals surface area contributed by atoms with Gasteiger partial charge in [-0.15, -0.1) is 0 Å². The smallest absolute Gasteiger partial charge is 0.335 e. The van der Waals surface area contributed by atoms with Crippen LogP contribution in [0.2, 0.25) is 0 Å². The molecule has 0 bridgehead atoms. The van der Waals surface area contributed by atoms with Crippen LogP contribution in [0.3, 0.4) is 0 Å². The lowest BCUT2D eigenvalue weighted by Gasteiger charge is -2.28. The van der Waals surface area contributed by atoms with Crippen LogP contribution in [0.1, 0.15) is 34.8 Å². The van der Waals surface area contributed by atoms with Crippen molar-refractivity contribution in [3.8, 4) is 5.75 Å². The van der Waals surface area contributed by atoms with Crippen molar-refractivity contribution in [1.82, 2.24) is 0 Å². The van der Waals surface area contributed by atoms with Crippen molar-refractivity contribution in [2.24, 2.45) is 11.7 Å². The third-order valence-corrected chi connectivity index (χ3v) is 4.08. The number of carbonyl (C=O) groups is 1. The van der Waals surface area contributed by atoms with Gasteiger partial charge in [0.15, 0.2) is 0 Å². The first-order chi connectivity index (χ1) is 9.00. The van der Waals surface area contributed by atoms with Crippen molar-refractivity contribution < 1.29 is 19.7 Å². The number of aromatic hydroxyl groups is 1.